The minimum atomic E-state index is 0.712. The zero-order chi connectivity index (χ0) is 13.0. The highest BCUT2D eigenvalue weighted by Gasteiger charge is 2.00. The van der Waals surface area contributed by atoms with Gasteiger partial charge >= 0.3 is 0 Å². The third kappa shape index (κ3) is 3.20. The molecule has 0 bridgehead atoms. The summed E-state index contributed by atoms with van der Waals surface area (Å²) in [5.41, 5.74) is 2.52. The van der Waals surface area contributed by atoms with Gasteiger partial charge in [0.2, 0.25) is 5.95 Å². The van der Waals surface area contributed by atoms with E-state index in [0.29, 0.717) is 5.95 Å². The molecule has 94 valence electrons. The van der Waals surface area contributed by atoms with Crippen LogP contribution in [0.2, 0.25) is 0 Å². The molecule has 0 atom stereocenters. The average Bonchev–Trinajstić information content (AvgIpc) is 2.37. The Balaban J connectivity index is 2.04. The highest BCUT2D eigenvalue weighted by Crippen LogP contribution is 2.10. The molecule has 0 saturated carbocycles. The lowest BCUT2D eigenvalue weighted by molar-refractivity contribution is 0.987. The summed E-state index contributed by atoms with van der Waals surface area (Å²) < 4.78 is 0. The summed E-state index contributed by atoms with van der Waals surface area (Å²) in [4.78, 5) is 10.5. The SMILES string of the molecule is Cc1cccc(CNc2ccnc(N(C)C)n2)c1. The fourth-order valence-electron chi connectivity index (χ4n) is 1.68. The van der Waals surface area contributed by atoms with E-state index < -0.39 is 0 Å². The van der Waals surface area contributed by atoms with Crippen molar-refractivity contribution in [3.05, 3.63) is 47.7 Å². The Morgan fingerprint density at radius 3 is 2.78 bits per heavy atom. The summed E-state index contributed by atoms with van der Waals surface area (Å²) in [7, 11) is 3.86. The Hall–Kier alpha value is -2.10. The molecule has 1 heterocycles. The van der Waals surface area contributed by atoms with Crippen molar-refractivity contribution in [1.29, 1.82) is 0 Å². The lowest BCUT2D eigenvalue weighted by Crippen LogP contribution is -2.13. The summed E-state index contributed by atoms with van der Waals surface area (Å²) >= 11 is 0. The Bertz CT molecular complexity index is 523. The fraction of sp³-hybridized carbons (Fsp3) is 0.286. The molecule has 0 spiro atoms. The molecule has 0 aliphatic carbocycles. The van der Waals surface area contributed by atoms with Crippen LogP contribution in [0.25, 0.3) is 0 Å². The highest BCUT2D eigenvalue weighted by molar-refractivity contribution is 5.41. The first-order valence-electron chi connectivity index (χ1n) is 5.95. The largest absolute Gasteiger partial charge is 0.366 e. The van der Waals surface area contributed by atoms with Gasteiger partial charge in [0.05, 0.1) is 0 Å². The summed E-state index contributed by atoms with van der Waals surface area (Å²) in [6.07, 6.45) is 1.76. The second-order valence-corrected chi connectivity index (χ2v) is 4.48. The second-order valence-electron chi connectivity index (χ2n) is 4.48. The van der Waals surface area contributed by atoms with Gasteiger partial charge in [0, 0.05) is 26.8 Å². The summed E-state index contributed by atoms with van der Waals surface area (Å²) in [6, 6.07) is 10.3. The molecular weight excluding hydrogens is 224 g/mol. The smallest absolute Gasteiger partial charge is 0.226 e. The van der Waals surface area contributed by atoms with Gasteiger partial charge in [0.25, 0.3) is 0 Å². The van der Waals surface area contributed by atoms with Crippen molar-refractivity contribution in [1.82, 2.24) is 9.97 Å². The first-order valence-corrected chi connectivity index (χ1v) is 5.95. The van der Waals surface area contributed by atoms with Crippen LogP contribution in [0.4, 0.5) is 11.8 Å². The number of hydrogen-bond donors (Lipinski definition) is 1. The van der Waals surface area contributed by atoms with Crippen LogP contribution in [0, 0.1) is 6.92 Å². The van der Waals surface area contributed by atoms with Crippen molar-refractivity contribution >= 4 is 11.8 Å². The summed E-state index contributed by atoms with van der Waals surface area (Å²) in [5, 5.41) is 3.31. The van der Waals surface area contributed by atoms with E-state index in [0.717, 1.165) is 12.4 Å². The van der Waals surface area contributed by atoms with Crippen LogP contribution in [0.5, 0.6) is 0 Å². The maximum atomic E-state index is 4.41. The lowest BCUT2D eigenvalue weighted by atomic mass is 10.1. The van der Waals surface area contributed by atoms with Crippen molar-refractivity contribution in [3.8, 4) is 0 Å². The number of benzene rings is 1. The zero-order valence-corrected chi connectivity index (χ0v) is 11.0. The van der Waals surface area contributed by atoms with E-state index in [2.05, 4.69) is 46.5 Å². The van der Waals surface area contributed by atoms with Gasteiger partial charge in [-0.3, -0.25) is 0 Å². The van der Waals surface area contributed by atoms with Crippen LogP contribution in [-0.2, 0) is 6.54 Å². The monoisotopic (exact) mass is 242 g/mol. The van der Waals surface area contributed by atoms with Gasteiger partial charge in [-0.25, -0.2) is 4.98 Å². The minimum Gasteiger partial charge on any atom is -0.366 e. The van der Waals surface area contributed by atoms with Gasteiger partial charge < -0.3 is 10.2 Å². The Labute approximate surface area is 108 Å². The van der Waals surface area contributed by atoms with Gasteiger partial charge in [-0.2, -0.15) is 4.98 Å². The van der Waals surface area contributed by atoms with Gasteiger partial charge in [-0.15, -0.1) is 0 Å². The first kappa shape index (κ1) is 12.4. The number of aromatic nitrogens is 2. The first-order chi connectivity index (χ1) is 8.65. The van der Waals surface area contributed by atoms with Crippen LogP contribution >= 0.6 is 0 Å². The van der Waals surface area contributed by atoms with Crippen molar-refractivity contribution in [3.63, 3.8) is 0 Å². The molecule has 0 unspecified atom stereocenters. The summed E-state index contributed by atoms with van der Waals surface area (Å²) in [5.74, 6) is 1.56. The second kappa shape index (κ2) is 5.49. The molecule has 1 aromatic carbocycles. The standard InChI is InChI=1S/C14H18N4/c1-11-5-4-6-12(9-11)10-16-13-7-8-15-14(17-13)18(2)3/h4-9H,10H2,1-3H3,(H,15,16,17). The van der Waals surface area contributed by atoms with Crippen molar-refractivity contribution in [2.24, 2.45) is 0 Å². The number of nitrogens with one attached hydrogen (secondary N) is 1. The van der Waals surface area contributed by atoms with Gasteiger partial charge in [0.1, 0.15) is 5.82 Å². The molecule has 2 rings (SSSR count). The van der Waals surface area contributed by atoms with Crippen LogP contribution in [0.3, 0.4) is 0 Å². The predicted molar refractivity (Wildman–Crippen MR) is 74.9 cm³/mol. The van der Waals surface area contributed by atoms with E-state index in [4.69, 9.17) is 0 Å². The Morgan fingerprint density at radius 1 is 1.22 bits per heavy atom. The maximum absolute atomic E-state index is 4.41. The van der Waals surface area contributed by atoms with Crippen LogP contribution in [0.1, 0.15) is 11.1 Å². The van der Waals surface area contributed by atoms with E-state index in [1.165, 1.54) is 11.1 Å². The van der Waals surface area contributed by atoms with Crippen LogP contribution in [-0.4, -0.2) is 24.1 Å². The molecule has 0 aliphatic rings. The summed E-state index contributed by atoms with van der Waals surface area (Å²) in [6.45, 7) is 2.86. The molecule has 4 heteroatoms. The molecule has 18 heavy (non-hydrogen) atoms. The molecule has 2 aromatic rings. The number of anilines is 2. The van der Waals surface area contributed by atoms with Crippen LogP contribution < -0.4 is 10.2 Å². The molecule has 0 amide bonds. The maximum Gasteiger partial charge on any atom is 0.226 e. The highest BCUT2D eigenvalue weighted by atomic mass is 15.2. The van der Waals surface area contributed by atoms with E-state index in [-0.39, 0.29) is 0 Å². The zero-order valence-electron chi connectivity index (χ0n) is 11.0. The van der Waals surface area contributed by atoms with Crippen molar-refractivity contribution in [2.45, 2.75) is 13.5 Å². The molecule has 0 saturated heterocycles. The third-order valence-corrected chi connectivity index (χ3v) is 2.60. The molecule has 1 N–H and O–H groups in total. The number of nitrogens with zero attached hydrogens (tertiary/aromatic N) is 3. The van der Waals surface area contributed by atoms with E-state index in [9.17, 15) is 0 Å². The lowest BCUT2D eigenvalue weighted by Gasteiger charge is -2.11. The van der Waals surface area contributed by atoms with E-state index >= 15 is 0 Å². The van der Waals surface area contributed by atoms with Gasteiger partial charge in [-0.1, -0.05) is 29.8 Å². The number of hydrogen-bond acceptors (Lipinski definition) is 4. The van der Waals surface area contributed by atoms with E-state index in [1.807, 2.05) is 25.1 Å². The molecule has 0 radical (unpaired) electrons. The molecular formula is C14H18N4. The number of aryl methyl sites for hydroxylation is 1. The van der Waals surface area contributed by atoms with Crippen LogP contribution in [0.15, 0.2) is 36.5 Å². The van der Waals surface area contributed by atoms with Gasteiger partial charge in [-0.05, 0) is 18.6 Å². The molecule has 0 fully saturated rings. The fourth-order valence-corrected chi connectivity index (χ4v) is 1.68. The minimum absolute atomic E-state index is 0.712. The van der Waals surface area contributed by atoms with Crippen molar-refractivity contribution in [2.75, 3.05) is 24.3 Å². The Kier molecular flexibility index (Phi) is 3.77. The average molecular weight is 242 g/mol. The molecule has 4 nitrogen and oxygen atoms in total. The van der Waals surface area contributed by atoms with Gasteiger partial charge in [0.15, 0.2) is 0 Å². The molecule has 1 aromatic heterocycles. The van der Waals surface area contributed by atoms with E-state index in [1.54, 1.807) is 6.20 Å². The third-order valence-electron chi connectivity index (χ3n) is 2.60. The Morgan fingerprint density at radius 2 is 2.06 bits per heavy atom. The number of rotatable bonds is 4. The topological polar surface area (TPSA) is 41.1 Å². The normalized spacial score (nSPS) is 10.2. The predicted octanol–water partition coefficient (Wildman–Crippen LogP) is 2.46. The van der Waals surface area contributed by atoms with Crippen molar-refractivity contribution < 1.29 is 0 Å². The quantitative estimate of drug-likeness (QED) is 0.894. The molecule has 0 aliphatic heterocycles.